The lowest BCUT2D eigenvalue weighted by Crippen LogP contribution is -2.19. The van der Waals surface area contributed by atoms with Crippen molar-refractivity contribution in [3.8, 4) is 0 Å². The lowest BCUT2D eigenvalue weighted by molar-refractivity contribution is -0.0685. The molecule has 0 spiro atoms. The molecule has 2 rings (SSSR count). The molecule has 1 heterocycles. The zero-order valence-corrected chi connectivity index (χ0v) is 9.35. The van der Waals surface area contributed by atoms with Crippen molar-refractivity contribution in [1.29, 1.82) is 0 Å². The summed E-state index contributed by atoms with van der Waals surface area (Å²) in [7, 11) is 0. The summed E-state index contributed by atoms with van der Waals surface area (Å²) in [6.45, 7) is 5.11. The lowest BCUT2D eigenvalue weighted by Gasteiger charge is -2.16. The van der Waals surface area contributed by atoms with E-state index >= 15 is 0 Å². The fourth-order valence-electron chi connectivity index (χ4n) is 1.77. The van der Waals surface area contributed by atoms with E-state index in [-0.39, 0.29) is 12.4 Å². The summed E-state index contributed by atoms with van der Waals surface area (Å²) >= 11 is 0. The second kappa shape index (κ2) is 4.77. The zero-order valence-electron chi connectivity index (χ0n) is 9.35. The van der Waals surface area contributed by atoms with Crippen LogP contribution in [0.4, 0.5) is 0 Å². The van der Waals surface area contributed by atoms with Gasteiger partial charge in [-0.2, -0.15) is 0 Å². The van der Waals surface area contributed by atoms with Crippen molar-refractivity contribution in [3.63, 3.8) is 0 Å². The Balaban J connectivity index is 1.99. The molecule has 1 aliphatic rings. The summed E-state index contributed by atoms with van der Waals surface area (Å²) in [5.41, 5.74) is 1.11. The predicted molar refractivity (Wildman–Crippen MR) is 59.5 cm³/mol. The largest absolute Gasteiger partial charge is 0.346 e. The van der Waals surface area contributed by atoms with Gasteiger partial charge in [0.25, 0.3) is 0 Å². The van der Waals surface area contributed by atoms with Gasteiger partial charge in [-0.15, -0.1) is 0 Å². The van der Waals surface area contributed by atoms with Gasteiger partial charge in [0.15, 0.2) is 6.29 Å². The molecule has 1 aromatic rings. The minimum Gasteiger partial charge on any atom is -0.346 e. The van der Waals surface area contributed by atoms with Gasteiger partial charge in [-0.05, 0) is 5.92 Å². The van der Waals surface area contributed by atoms with Crippen molar-refractivity contribution in [1.82, 2.24) is 0 Å². The Morgan fingerprint density at radius 2 is 2.07 bits per heavy atom. The number of rotatable bonds is 3. The van der Waals surface area contributed by atoms with Crippen LogP contribution in [0.5, 0.6) is 0 Å². The summed E-state index contributed by atoms with van der Waals surface area (Å²) in [4.78, 5) is 0. The average Bonchev–Trinajstić information content (AvgIpc) is 2.78. The highest BCUT2D eigenvalue weighted by atomic mass is 16.7. The zero-order chi connectivity index (χ0) is 10.7. The molecule has 0 amide bonds. The number of hydrogen-bond acceptors (Lipinski definition) is 2. The second-order valence-electron chi connectivity index (χ2n) is 4.14. The summed E-state index contributed by atoms with van der Waals surface area (Å²) in [5.74, 6) is 0.568. The van der Waals surface area contributed by atoms with Crippen molar-refractivity contribution >= 4 is 0 Å². The molecule has 1 aromatic carbocycles. The van der Waals surface area contributed by atoms with Crippen LogP contribution in [0.25, 0.3) is 0 Å². The van der Waals surface area contributed by atoms with E-state index in [0.717, 1.165) is 12.0 Å². The molecular weight excluding hydrogens is 188 g/mol. The molecule has 0 saturated carbocycles. The van der Waals surface area contributed by atoms with Gasteiger partial charge in [-0.3, -0.25) is 0 Å². The quantitative estimate of drug-likeness (QED) is 0.756. The van der Waals surface area contributed by atoms with E-state index < -0.39 is 0 Å². The first-order chi connectivity index (χ1) is 7.31. The van der Waals surface area contributed by atoms with E-state index in [1.807, 2.05) is 30.3 Å². The number of hydrogen-bond donors (Lipinski definition) is 0. The molecule has 3 atom stereocenters. The van der Waals surface area contributed by atoms with E-state index in [0.29, 0.717) is 12.5 Å². The average molecular weight is 206 g/mol. The first-order valence-electron chi connectivity index (χ1n) is 5.63. The van der Waals surface area contributed by atoms with Crippen molar-refractivity contribution in [3.05, 3.63) is 35.9 Å². The SMILES string of the molecule is CC[C@H](C)C1COC(c2ccccc2)O1. The third-order valence-corrected chi connectivity index (χ3v) is 3.06. The van der Waals surface area contributed by atoms with E-state index in [1.54, 1.807) is 0 Å². The minimum atomic E-state index is -0.162. The number of ether oxygens (including phenoxy) is 2. The predicted octanol–water partition coefficient (Wildman–Crippen LogP) is 3.15. The maximum Gasteiger partial charge on any atom is 0.184 e. The van der Waals surface area contributed by atoms with Crippen molar-refractivity contribution in [2.45, 2.75) is 32.7 Å². The topological polar surface area (TPSA) is 18.5 Å². The third-order valence-electron chi connectivity index (χ3n) is 3.06. The molecule has 2 nitrogen and oxygen atoms in total. The fourth-order valence-corrected chi connectivity index (χ4v) is 1.77. The van der Waals surface area contributed by atoms with E-state index in [2.05, 4.69) is 13.8 Å². The molecule has 1 fully saturated rings. The van der Waals surface area contributed by atoms with Crippen LogP contribution >= 0.6 is 0 Å². The van der Waals surface area contributed by atoms with E-state index in [1.165, 1.54) is 0 Å². The molecule has 15 heavy (non-hydrogen) atoms. The normalized spacial score (nSPS) is 27.9. The molecule has 2 unspecified atom stereocenters. The Bertz CT molecular complexity index is 297. The molecular formula is C13H18O2. The lowest BCUT2D eigenvalue weighted by atomic mass is 10.0. The van der Waals surface area contributed by atoms with Crippen LogP contribution in [-0.2, 0) is 9.47 Å². The molecule has 82 valence electrons. The van der Waals surface area contributed by atoms with Gasteiger partial charge < -0.3 is 9.47 Å². The molecule has 0 bridgehead atoms. The van der Waals surface area contributed by atoms with Gasteiger partial charge in [0.05, 0.1) is 12.7 Å². The van der Waals surface area contributed by atoms with Crippen LogP contribution in [0.15, 0.2) is 30.3 Å². The van der Waals surface area contributed by atoms with Crippen LogP contribution in [-0.4, -0.2) is 12.7 Å². The van der Waals surface area contributed by atoms with Gasteiger partial charge >= 0.3 is 0 Å². The highest BCUT2D eigenvalue weighted by Crippen LogP contribution is 2.30. The minimum absolute atomic E-state index is 0.162. The van der Waals surface area contributed by atoms with Gasteiger partial charge in [0.1, 0.15) is 0 Å². The van der Waals surface area contributed by atoms with Crippen molar-refractivity contribution < 1.29 is 9.47 Å². The third kappa shape index (κ3) is 2.39. The Kier molecular flexibility index (Phi) is 3.39. The monoisotopic (exact) mass is 206 g/mol. The number of benzene rings is 1. The van der Waals surface area contributed by atoms with E-state index in [4.69, 9.17) is 9.47 Å². The van der Waals surface area contributed by atoms with E-state index in [9.17, 15) is 0 Å². The fraction of sp³-hybridized carbons (Fsp3) is 0.538. The molecule has 1 saturated heterocycles. The Morgan fingerprint density at radius 1 is 1.33 bits per heavy atom. The summed E-state index contributed by atoms with van der Waals surface area (Å²) in [6, 6.07) is 10.1. The summed E-state index contributed by atoms with van der Waals surface area (Å²) < 4.78 is 11.5. The molecule has 0 aromatic heterocycles. The van der Waals surface area contributed by atoms with Gasteiger partial charge in [0.2, 0.25) is 0 Å². The molecule has 0 radical (unpaired) electrons. The van der Waals surface area contributed by atoms with Gasteiger partial charge in [-0.25, -0.2) is 0 Å². The van der Waals surface area contributed by atoms with Gasteiger partial charge in [0, 0.05) is 5.56 Å². The first kappa shape index (κ1) is 10.7. The van der Waals surface area contributed by atoms with Crippen LogP contribution in [0.3, 0.4) is 0 Å². The van der Waals surface area contributed by atoms with Gasteiger partial charge in [-0.1, -0.05) is 50.6 Å². The molecule has 2 heteroatoms. The standard InChI is InChI=1S/C13H18O2/c1-3-10(2)12-9-14-13(15-12)11-7-5-4-6-8-11/h4-8,10,12-13H,3,9H2,1-2H3/t10-,12?,13?/m0/s1. The summed E-state index contributed by atoms with van der Waals surface area (Å²) in [6.07, 6.45) is 1.22. The van der Waals surface area contributed by atoms with Crippen LogP contribution in [0.1, 0.15) is 32.1 Å². The highest BCUT2D eigenvalue weighted by molar-refractivity contribution is 5.16. The van der Waals surface area contributed by atoms with Crippen molar-refractivity contribution in [2.24, 2.45) is 5.92 Å². The van der Waals surface area contributed by atoms with Crippen LogP contribution in [0.2, 0.25) is 0 Å². The Hall–Kier alpha value is -0.860. The molecule has 1 aliphatic heterocycles. The summed E-state index contributed by atoms with van der Waals surface area (Å²) in [5, 5.41) is 0. The molecule has 0 aliphatic carbocycles. The van der Waals surface area contributed by atoms with Crippen LogP contribution < -0.4 is 0 Å². The van der Waals surface area contributed by atoms with Crippen molar-refractivity contribution in [2.75, 3.05) is 6.61 Å². The Labute approximate surface area is 91.2 Å². The maximum absolute atomic E-state index is 5.88. The second-order valence-corrected chi connectivity index (χ2v) is 4.14. The molecule has 0 N–H and O–H groups in total. The Morgan fingerprint density at radius 3 is 2.73 bits per heavy atom. The highest BCUT2D eigenvalue weighted by Gasteiger charge is 2.30. The first-order valence-corrected chi connectivity index (χ1v) is 5.63. The van der Waals surface area contributed by atoms with Crippen LogP contribution in [0, 0.1) is 5.92 Å². The maximum atomic E-state index is 5.88. The smallest absolute Gasteiger partial charge is 0.184 e.